The van der Waals surface area contributed by atoms with Gasteiger partial charge in [-0.15, -0.1) is 0 Å². The second-order valence-electron chi connectivity index (χ2n) is 6.35. The third kappa shape index (κ3) is 3.79. The topological polar surface area (TPSA) is 64.2 Å². The predicted molar refractivity (Wildman–Crippen MR) is 91.6 cm³/mol. The normalized spacial score (nSPS) is 18.8. The predicted octanol–water partition coefficient (Wildman–Crippen LogP) is 1.37. The standard InChI is InChI=1S/C16H25N7/c1-21(2)15-7-16(20-12-19-15)22(3)14-5-4-6-23(10-14)9-13-8-17-11-18-13/h7-8,11-12,14H,4-6,9-10H2,1-3H3,(H,17,18). The van der Waals surface area contributed by atoms with Gasteiger partial charge in [0.1, 0.15) is 18.0 Å². The molecule has 0 bridgehead atoms. The minimum atomic E-state index is 0.469. The van der Waals surface area contributed by atoms with Gasteiger partial charge in [0, 0.05) is 58.2 Å². The van der Waals surface area contributed by atoms with Crippen LogP contribution in [0, 0.1) is 0 Å². The van der Waals surface area contributed by atoms with E-state index in [-0.39, 0.29) is 0 Å². The fourth-order valence-electron chi connectivity index (χ4n) is 3.06. The molecule has 23 heavy (non-hydrogen) atoms. The highest BCUT2D eigenvalue weighted by atomic mass is 15.3. The van der Waals surface area contributed by atoms with Crippen LogP contribution >= 0.6 is 0 Å². The maximum atomic E-state index is 4.45. The molecule has 1 fully saturated rings. The first-order chi connectivity index (χ1) is 11.1. The lowest BCUT2D eigenvalue weighted by molar-refractivity contribution is 0.196. The zero-order valence-electron chi connectivity index (χ0n) is 14.1. The van der Waals surface area contributed by atoms with Gasteiger partial charge in [-0.1, -0.05) is 0 Å². The van der Waals surface area contributed by atoms with Crippen LogP contribution in [0.15, 0.2) is 24.9 Å². The Bertz CT molecular complexity index is 611. The van der Waals surface area contributed by atoms with Gasteiger partial charge in [0.15, 0.2) is 0 Å². The van der Waals surface area contributed by atoms with Gasteiger partial charge in [0.25, 0.3) is 0 Å². The van der Waals surface area contributed by atoms with Crippen LogP contribution in [0.1, 0.15) is 18.5 Å². The highest BCUT2D eigenvalue weighted by Gasteiger charge is 2.24. The molecule has 3 rings (SSSR count). The molecule has 7 heteroatoms. The number of imidazole rings is 1. The van der Waals surface area contributed by atoms with E-state index >= 15 is 0 Å². The number of rotatable bonds is 5. The first-order valence-electron chi connectivity index (χ1n) is 8.05. The second kappa shape index (κ2) is 6.95. The molecule has 7 nitrogen and oxygen atoms in total. The SMILES string of the molecule is CN(C)c1cc(N(C)C2CCCN(Cc3cnc[nH]3)C2)ncn1. The monoisotopic (exact) mass is 315 g/mol. The van der Waals surface area contributed by atoms with Crippen molar-refractivity contribution < 1.29 is 0 Å². The van der Waals surface area contributed by atoms with E-state index in [9.17, 15) is 0 Å². The fourth-order valence-corrected chi connectivity index (χ4v) is 3.06. The molecule has 0 amide bonds. The van der Waals surface area contributed by atoms with Crippen LogP contribution in [0.4, 0.5) is 11.6 Å². The molecular formula is C16H25N7. The summed E-state index contributed by atoms with van der Waals surface area (Å²) >= 11 is 0. The summed E-state index contributed by atoms with van der Waals surface area (Å²) in [7, 11) is 6.13. The molecule has 2 aromatic heterocycles. The Labute approximate surface area is 137 Å². The van der Waals surface area contributed by atoms with Gasteiger partial charge in [-0.05, 0) is 19.4 Å². The molecule has 1 N–H and O–H groups in total. The average Bonchev–Trinajstić information content (AvgIpc) is 3.07. The van der Waals surface area contributed by atoms with Gasteiger partial charge in [0.05, 0.1) is 6.33 Å². The Morgan fingerprint density at radius 1 is 1.26 bits per heavy atom. The van der Waals surface area contributed by atoms with Crippen LogP contribution in [-0.2, 0) is 6.54 Å². The quantitative estimate of drug-likeness (QED) is 0.899. The molecular weight excluding hydrogens is 290 g/mol. The Kier molecular flexibility index (Phi) is 4.76. The number of likely N-dealkylation sites (tertiary alicyclic amines) is 1. The number of hydrogen-bond donors (Lipinski definition) is 1. The molecule has 124 valence electrons. The van der Waals surface area contributed by atoms with Crippen molar-refractivity contribution in [3.63, 3.8) is 0 Å². The molecule has 1 atom stereocenters. The molecule has 0 saturated carbocycles. The number of aromatic nitrogens is 4. The van der Waals surface area contributed by atoms with Gasteiger partial charge in [0.2, 0.25) is 0 Å². The van der Waals surface area contributed by atoms with Crippen LogP contribution in [-0.4, -0.2) is 65.1 Å². The number of hydrogen-bond acceptors (Lipinski definition) is 6. The smallest absolute Gasteiger partial charge is 0.134 e. The van der Waals surface area contributed by atoms with Crippen LogP contribution in [0.5, 0.6) is 0 Å². The largest absolute Gasteiger partial charge is 0.363 e. The number of nitrogens with zero attached hydrogens (tertiary/aromatic N) is 6. The summed E-state index contributed by atoms with van der Waals surface area (Å²) in [5, 5.41) is 0. The third-order valence-corrected chi connectivity index (χ3v) is 4.43. The first kappa shape index (κ1) is 15.7. The molecule has 2 aromatic rings. The summed E-state index contributed by atoms with van der Waals surface area (Å²) in [5.41, 5.74) is 1.17. The molecule has 0 radical (unpaired) electrons. The van der Waals surface area contributed by atoms with Crippen molar-refractivity contribution in [1.29, 1.82) is 0 Å². The maximum Gasteiger partial charge on any atom is 0.134 e. The van der Waals surface area contributed by atoms with Crippen molar-refractivity contribution in [3.05, 3.63) is 30.6 Å². The summed E-state index contributed by atoms with van der Waals surface area (Å²) in [5.74, 6) is 1.92. The number of nitrogens with one attached hydrogen (secondary N) is 1. The fraction of sp³-hybridized carbons (Fsp3) is 0.562. The molecule has 0 aromatic carbocycles. The summed E-state index contributed by atoms with van der Waals surface area (Å²) in [6, 6.07) is 2.52. The number of H-pyrrole nitrogens is 1. The second-order valence-corrected chi connectivity index (χ2v) is 6.35. The van der Waals surface area contributed by atoms with Crippen molar-refractivity contribution in [1.82, 2.24) is 24.8 Å². The van der Waals surface area contributed by atoms with Gasteiger partial charge in [-0.2, -0.15) is 0 Å². The van der Waals surface area contributed by atoms with Crippen molar-refractivity contribution in [2.24, 2.45) is 0 Å². The molecule has 3 heterocycles. The number of aromatic amines is 1. The number of likely N-dealkylation sites (N-methyl/N-ethyl adjacent to an activating group) is 1. The van der Waals surface area contributed by atoms with Gasteiger partial charge >= 0.3 is 0 Å². The zero-order chi connectivity index (χ0) is 16.2. The van der Waals surface area contributed by atoms with E-state index in [0.29, 0.717) is 6.04 Å². The van der Waals surface area contributed by atoms with Crippen molar-refractivity contribution in [3.8, 4) is 0 Å². The van der Waals surface area contributed by atoms with E-state index < -0.39 is 0 Å². The molecule has 0 aliphatic carbocycles. The zero-order valence-corrected chi connectivity index (χ0v) is 14.1. The summed E-state index contributed by atoms with van der Waals surface area (Å²) in [4.78, 5) is 22.8. The minimum Gasteiger partial charge on any atom is -0.363 e. The van der Waals surface area contributed by atoms with E-state index in [0.717, 1.165) is 31.3 Å². The van der Waals surface area contributed by atoms with E-state index in [2.05, 4.69) is 36.8 Å². The molecule has 1 unspecified atom stereocenters. The van der Waals surface area contributed by atoms with E-state index in [1.807, 2.05) is 31.3 Å². The van der Waals surface area contributed by atoms with E-state index in [1.165, 1.54) is 18.5 Å². The van der Waals surface area contributed by atoms with E-state index in [4.69, 9.17) is 0 Å². The summed E-state index contributed by atoms with van der Waals surface area (Å²) in [6.45, 7) is 3.10. The van der Waals surface area contributed by atoms with Gasteiger partial charge in [-0.25, -0.2) is 15.0 Å². The van der Waals surface area contributed by atoms with Crippen molar-refractivity contribution >= 4 is 11.6 Å². The lowest BCUT2D eigenvalue weighted by atomic mass is 10.0. The van der Waals surface area contributed by atoms with Crippen LogP contribution < -0.4 is 9.80 Å². The molecule has 1 aliphatic rings. The molecule has 1 aliphatic heterocycles. The van der Waals surface area contributed by atoms with Gasteiger partial charge in [-0.3, -0.25) is 4.90 Å². The Balaban J connectivity index is 1.66. The minimum absolute atomic E-state index is 0.469. The first-order valence-corrected chi connectivity index (χ1v) is 8.05. The third-order valence-electron chi connectivity index (χ3n) is 4.43. The Hall–Kier alpha value is -2.15. The lowest BCUT2D eigenvalue weighted by Gasteiger charge is -2.38. The number of piperidine rings is 1. The van der Waals surface area contributed by atoms with Crippen molar-refractivity contribution in [2.45, 2.75) is 25.4 Å². The van der Waals surface area contributed by atoms with Crippen LogP contribution in [0.3, 0.4) is 0 Å². The van der Waals surface area contributed by atoms with Crippen LogP contribution in [0.25, 0.3) is 0 Å². The highest BCUT2D eigenvalue weighted by Crippen LogP contribution is 2.22. The Morgan fingerprint density at radius 2 is 2.09 bits per heavy atom. The summed E-state index contributed by atoms with van der Waals surface area (Å²) < 4.78 is 0. The number of anilines is 2. The molecule has 1 saturated heterocycles. The molecule has 0 spiro atoms. The van der Waals surface area contributed by atoms with Crippen molar-refractivity contribution in [2.75, 3.05) is 44.0 Å². The summed E-state index contributed by atoms with van der Waals surface area (Å²) in [6.07, 6.45) is 7.69. The lowest BCUT2D eigenvalue weighted by Crippen LogP contribution is -2.46. The Morgan fingerprint density at radius 3 is 2.83 bits per heavy atom. The van der Waals surface area contributed by atoms with Gasteiger partial charge < -0.3 is 14.8 Å². The average molecular weight is 315 g/mol. The highest BCUT2D eigenvalue weighted by molar-refractivity contribution is 5.49. The van der Waals surface area contributed by atoms with Crippen LogP contribution in [0.2, 0.25) is 0 Å². The maximum absolute atomic E-state index is 4.45. The van der Waals surface area contributed by atoms with E-state index in [1.54, 1.807) is 12.7 Å².